The van der Waals surface area contributed by atoms with Gasteiger partial charge in [-0.15, -0.1) is 11.8 Å². The van der Waals surface area contributed by atoms with Crippen LogP contribution >= 0.6 is 11.8 Å². The number of nitrogens with one attached hydrogen (secondary N) is 2. The van der Waals surface area contributed by atoms with Crippen LogP contribution in [0.5, 0.6) is 0 Å². The third kappa shape index (κ3) is 5.84. The van der Waals surface area contributed by atoms with Crippen molar-refractivity contribution in [3.8, 4) is 0 Å². The van der Waals surface area contributed by atoms with Gasteiger partial charge in [-0.05, 0) is 0 Å². The molecule has 0 bridgehead atoms. The van der Waals surface area contributed by atoms with Crippen LogP contribution in [0, 0.1) is 5.41 Å². The molecule has 1 unspecified atom stereocenters. The van der Waals surface area contributed by atoms with Crippen LogP contribution < -0.4 is 10.6 Å². The molecule has 0 spiro atoms. The van der Waals surface area contributed by atoms with E-state index in [9.17, 15) is 9.59 Å². The van der Waals surface area contributed by atoms with Crippen LogP contribution in [0.3, 0.4) is 0 Å². The Morgan fingerprint density at radius 2 is 2.00 bits per heavy atom. The molecule has 0 radical (unpaired) electrons. The Bertz CT molecular complexity index is 358. The molecule has 1 rings (SSSR count). The smallest absolute Gasteiger partial charge is 0.243 e. The van der Waals surface area contributed by atoms with E-state index < -0.39 is 5.41 Å². The van der Waals surface area contributed by atoms with Gasteiger partial charge < -0.3 is 20.3 Å². The second-order valence-corrected chi connectivity index (χ2v) is 7.07. The van der Waals surface area contributed by atoms with E-state index in [2.05, 4.69) is 10.6 Å². The summed E-state index contributed by atoms with van der Waals surface area (Å²) in [4.78, 5) is 26.2. The third-order valence-corrected chi connectivity index (χ3v) is 4.18. The first-order chi connectivity index (χ1) is 9.88. The number of thioether (sulfide) groups is 1. The molecule has 0 aromatic heterocycles. The molecule has 2 N–H and O–H groups in total. The van der Waals surface area contributed by atoms with Gasteiger partial charge in [0.15, 0.2) is 0 Å². The van der Waals surface area contributed by atoms with Crippen LogP contribution in [0.15, 0.2) is 0 Å². The van der Waals surface area contributed by atoms with Gasteiger partial charge in [-0.3, -0.25) is 9.59 Å². The van der Waals surface area contributed by atoms with E-state index in [1.54, 1.807) is 23.8 Å². The van der Waals surface area contributed by atoms with Crippen molar-refractivity contribution in [1.82, 2.24) is 15.5 Å². The molecule has 7 heteroatoms. The second-order valence-electron chi connectivity index (χ2n) is 6.07. The number of methoxy groups -OCH3 is 1. The Morgan fingerprint density at radius 1 is 1.29 bits per heavy atom. The van der Waals surface area contributed by atoms with E-state index in [1.165, 1.54) is 0 Å². The van der Waals surface area contributed by atoms with Gasteiger partial charge in [-0.25, -0.2) is 0 Å². The molecule has 6 nitrogen and oxygen atoms in total. The molecule has 1 aliphatic rings. The number of nitrogens with zero attached hydrogens (tertiary/aromatic N) is 1. The largest absolute Gasteiger partial charge is 0.383 e. The maximum absolute atomic E-state index is 12.3. The summed E-state index contributed by atoms with van der Waals surface area (Å²) in [6, 6.07) is -0.347. The highest BCUT2D eigenvalue weighted by atomic mass is 32.2. The van der Waals surface area contributed by atoms with Crippen LogP contribution in [0.4, 0.5) is 0 Å². The summed E-state index contributed by atoms with van der Waals surface area (Å²) < 4.78 is 4.93. The van der Waals surface area contributed by atoms with Crippen molar-refractivity contribution in [2.75, 3.05) is 45.0 Å². The number of hydrogen-bond acceptors (Lipinski definition) is 5. The van der Waals surface area contributed by atoms with Crippen LogP contribution in [0.25, 0.3) is 0 Å². The van der Waals surface area contributed by atoms with E-state index in [1.807, 2.05) is 20.8 Å². The Labute approximate surface area is 131 Å². The van der Waals surface area contributed by atoms with E-state index >= 15 is 0 Å². The lowest BCUT2D eigenvalue weighted by molar-refractivity contribution is -0.144. The minimum Gasteiger partial charge on any atom is -0.383 e. The highest BCUT2D eigenvalue weighted by Crippen LogP contribution is 2.27. The van der Waals surface area contributed by atoms with Gasteiger partial charge in [0.05, 0.1) is 12.5 Å². The van der Waals surface area contributed by atoms with Crippen molar-refractivity contribution in [1.29, 1.82) is 0 Å². The third-order valence-electron chi connectivity index (χ3n) is 3.17. The molecule has 2 amide bonds. The molecule has 1 fully saturated rings. The average Bonchev–Trinajstić information content (AvgIpc) is 2.89. The lowest BCUT2D eigenvalue weighted by Crippen LogP contribution is -2.51. The van der Waals surface area contributed by atoms with Gasteiger partial charge in [0.1, 0.15) is 6.04 Å². The highest BCUT2D eigenvalue weighted by Gasteiger charge is 2.38. The molecule has 1 saturated heterocycles. The van der Waals surface area contributed by atoms with Gasteiger partial charge in [-0.1, -0.05) is 20.8 Å². The maximum Gasteiger partial charge on any atom is 0.243 e. The zero-order valence-corrected chi connectivity index (χ0v) is 14.2. The summed E-state index contributed by atoms with van der Waals surface area (Å²) in [5, 5.41) is 6.05. The van der Waals surface area contributed by atoms with Crippen molar-refractivity contribution in [3.05, 3.63) is 0 Å². The zero-order chi connectivity index (χ0) is 15.9. The highest BCUT2D eigenvalue weighted by molar-refractivity contribution is 7.99. The van der Waals surface area contributed by atoms with E-state index in [0.717, 1.165) is 6.54 Å². The number of ether oxygens (including phenoxy) is 1. The molecule has 1 aliphatic heterocycles. The normalized spacial score (nSPS) is 18.9. The number of carbonyl (C=O) groups excluding carboxylic acids is 2. The van der Waals surface area contributed by atoms with Gasteiger partial charge in [0.2, 0.25) is 11.8 Å². The van der Waals surface area contributed by atoms with Crippen LogP contribution in [-0.2, 0) is 14.3 Å². The van der Waals surface area contributed by atoms with Crippen molar-refractivity contribution >= 4 is 23.6 Å². The second kappa shape index (κ2) is 8.60. The minimum absolute atomic E-state index is 0.0332. The lowest BCUT2D eigenvalue weighted by atomic mass is 9.94. The minimum atomic E-state index is -0.453. The first kappa shape index (κ1) is 18.3. The molecule has 0 aromatic carbocycles. The van der Waals surface area contributed by atoms with Crippen LogP contribution in [0.2, 0.25) is 0 Å². The van der Waals surface area contributed by atoms with Gasteiger partial charge in [0, 0.05) is 37.9 Å². The molecule has 1 atom stereocenters. The van der Waals surface area contributed by atoms with E-state index in [-0.39, 0.29) is 17.9 Å². The first-order valence-corrected chi connectivity index (χ1v) is 8.39. The molecule has 0 aliphatic carbocycles. The molecule has 0 aromatic rings. The van der Waals surface area contributed by atoms with Crippen molar-refractivity contribution in [2.24, 2.45) is 5.41 Å². The molecular weight excluding hydrogens is 290 g/mol. The lowest BCUT2D eigenvalue weighted by Gasteiger charge is -2.29. The predicted octanol–water partition coefficient (Wildman–Crippen LogP) is 0.286. The summed E-state index contributed by atoms with van der Waals surface area (Å²) in [6.45, 7) is 8.32. The molecular formula is C14H27N3O3S. The quantitative estimate of drug-likeness (QED) is 0.660. The fraction of sp³-hybridized carbons (Fsp3) is 0.857. The van der Waals surface area contributed by atoms with Crippen LogP contribution in [0.1, 0.15) is 20.8 Å². The van der Waals surface area contributed by atoms with Crippen molar-refractivity contribution in [3.63, 3.8) is 0 Å². The Morgan fingerprint density at radius 3 is 2.62 bits per heavy atom. The van der Waals surface area contributed by atoms with E-state index in [0.29, 0.717) is 31.3 Å². The summed E-state index contributed by atoms with van der Waals surface area (Å²) in [5.41, 5.74) is -0.453. The number of amides is 2. The van der Waals surface area contributed by atoms with Gasteiger partial charge >= 0.3 is 0 Å². The SMILES string of the molecule is COCCNCCNC(=O)C1CSCN1C(=O)C(C)(C)C. The topological polar surface area (TPSA) is 70.7 Å². The number of carbonyl (C=O) groups is 2. The fourth-order valence-corrected chi connectivity index (χ4v) is 3.14. The summed E-state index contributed by atoms with van der Waals surface area (Å²) in [5.74, 6) is 1.24. The maximum atomic E-state index is 12.3. The number of rotatable bonds is 7. The van der Waals surface area contributed by atoms with Crippen LogP contribution in [-0.4, -0.2) is 67.7 Å². The van der Waals surface area contributed by atoms with Crippen molar-refractivity contribution < 1.29 is 14.3 Å². The van der Waals surface area contributed by atoms with E-state index in [4.69, 9.17) is 4.74 Å². The molecule has 0 saturated carbocycles. The Kier molecular flexibility index (Phi) is 7.48. The average molecular weight is 317 g/mol. The standard InChI is InChI=1S/C14H27N3O3S/c1-14(2,3)13(19)17-10-21-9-11(17)12(18)16-6-5-15-7-8-20-4/h11,15H,5-10H2,1-4H3,(H,16,18). The fourth-order valence-electron chi connectivity index (χ4n) is 1.98. The Balaban J connectivity index is 2.37. The Hall–Kier alpha value is -0.790. The first-order valence-electron chi connectivity index (χ1n) is 7.24. The predicted molar refractivity (Wildman–Crippen MR) is 85.2 cm³/mol. The summed E-state index contributed by atoms with van der Waals surface area (Å²) >= 11 is 1.63. The molecule has 1 heterocycles. The van der Waals surface area contributed by atoms with Gasteiger partial charge in [0.25, 0.3) is 0 Å². The van der Waals surface area contributed by atoms with Crippen molar-refractivity contribution in [2.45, 2.75) is 26.8 Å². The number of hydrogen-bond donors (Lipinski definition) is 2. The van der Waals surface area contributed by atoms with Gasteiger partial charge in [-0.2, -0.15) is 0 Å². The summed E-state index contributed by atoms with van der Waals surface area (Å²) in [7, 11) is 1.65. The molecule has 21 heavy (non-hydrogen) atoms. The monoisotopic (exact) mass is 317 g/mol. The zero-order valence-electron chi connectivity index (χ0n) is 13.4. The molecule has 122 valence electrons. The summed E-state index contributed by atoms with van der Waals surface area (Å²) in [6.07, 6.45) is 0.